The standard InChI is InChI=1S/C19H38N4O2.HI/c1-17-5-11-23(12-6-17)10-4-3-9-21-18(20-2)22-15-19(7-13-24)8-14-25-16-19;/h17,24H,3-16H2,1-2H3,(H2,20,21,22);1H. The molecule has 2 aliphatic heterocycles. The van der Waals surface area contributed by atoms with Gasteiger partial charge in [-0.1, -0.05) is 6.92 Å². The molecule has 2 fully saturated rings. The first-order chi connectivity index (χ1) is 12.2. The van der Waals surface area contributed by atoms with Gasteiger partial charge < -0.3 is 25.4 Å². The second-order valence-corrected chi connectivity index (χ2v) is 7.86. The molecule has 3 N–H and O–H groups in total. The van der Waals surface area contributed by atoms with Gasteiger partial charge in [-0.25, -0.2) is 0 Å². The summed E-state index contributed by atoms with van der Waals surface area (Å²) < 4.78 is 5.54. The fourth-order valence-corrected chi connectivity index (χ4v) is 3.76. The molecule has 0 saturated carbocycles. The topological polar surface area (TPSA) is 69.1 Å². The molecule has 0 aromatic carbocycles. The van der Waals surface area contributed by atoms with E-state index < -0.39 is 0 Å². The van der Waals surface area contributed by atoms with Crippen LogP contribution in [0.15, 0.2) is 4.99 Å². The number of piperidine rings is 1. The summed E-state index contributed by atoms with van der Waals surface area (Å²) >= 11 is 0. The lowest BCUT2D eigenvalue weighted by molar-refractivity contribution is 0.127. The number of hydrogen-bond acceptors (Lipinski definition) is 4. The van der Waals surface area contributed by atoms with Gasteiger partial charge in [-0.2, -0.15) is 0 Å². The Balaban J connectivity index is 0.00000338. The van der Waals surface area contributed by atoms with Crippen LogP contribution < -0.4 is 10.6 Å². The number of aliphatic hydroxyl groups is 1. The van der Waals surface area contributed by atoms with Crippen molar-refractivity contribution in [2.45, 2.75) is 45.4 Å². The lowest BCUT2D eigenvalue weighted by Crippen LogP contribution is -2.44. The summed E-state index contributed by atoms with van der Waals surface area (Å²) in [7, 11) is 1.81. The molecule has 1 unspecified atom stereocenters. The Morgan fingerprint density at radius 1 is 1.27 bits per heavy atom. The highest BCUT2D eigenvalue weighted by Crippen LogP contribution is 2.31. The highest BCUT2D eigenvalue weighted by Gasteiger charge is 2.34. The SMILES string of the molecule is CN=C(NCCCCN1CCC(C)CC1)NCC1(CCO)CCOC1.I. The number of rotatable bonds is 9. The first-order valence-electron chi connectivity index (χ1n) is 10.0. The average molecular weight is 482 g/mol. The van der Waals surface area contributed by atoms with E-state index in [0.717, 1.165) is 57.4 Å². The molecule has 154 valence electrons. The molecule has 0 aromatic rings. The van der Waals surface area contributed by atoms with Gasteiger partial charge in [0.25, 0.3) is 0 Å². The van der Waals surface area contributed by atoms with Crippen LogP contribution in [0.5, 0.6) is 0 Å². The molecule has 7 heteroatoms. The normalized spacial score (nSPS) is 25.1. The molecule has 2 saturated heterocycles. The van der Waals surface area contributed by atoms with Crippen LogP contribution in [0.4, 0.5) is 0 Å². The number of nitrogens with one attached hydrogen (secondary N) is 2. The molecule has 0 bridgehead atoms. The largest absolute Gasteiger partial charge is 0.396 e. The maximum Gasteiger partial charge on any atom is 0.190 e. The van der Waals surface area contributed by atoms with Gasteiger partial charge >= 0.3 is 0 Å². The first-order valence-corrected chi connectivity index (χ1v) is 10.0. The predicted molar refractivity (Wildman–Crippen MR) is 118 cm³/mol. The van der Waals surface area contributed by atoms with Crippen molar-refractivity contribution in [3.05, 3.63) is 0 Å². The minimum Gasteiger partial charge on any atom is -0.396 e. The van der Waals surface area contributed by atoms with E-state index in [4.69, 9.17) is 4.74 Å². The zero-order chi connectivity index (χ0) is 18.0. The second-order valence-electron chi connectivity index (χ2n) is 7.86. The Kier molecular flexibility index (Phi) is 12.1. The van der Waals surface area contributed by atoms with Gasteiger partial charge in [0.05, 0.1) is 6.61 Å². The molecule has 0 amide bonds. The number of unbranched alkanes of at least 4 members (excludes halogenated alkanes) is 1. The van der Waals surface area contributed by atoms with E-state index in [1.807, 2.05) is 7.05 Å². The second kappa shape index (κ2) is 13.1. The quantitative estimate of drug-likeness (QED) is 0.203. The van der Waals surface area contributed by atoms with Gasteiger partial charge in [-0.05, 0) is 64.1 Å². The van der Waals surface area contributed by atoms with Crippen LogP contribution in [0.2, 0.25) is 0 Å². The van der Waals surface area contributed by atoms with Crippen molar-refractivity contribution in [1.82, 2.24) is 15.5 Å². The van der Waals surface area contributed by atoms with Crippen molar-refractivity contribution >= 4 is 29.9 Å². The van der Waals surface area contributed by atoms with Crippen LogP contribution in [0.25, 0.3) is 0 Å². The number of hydrogen-bond donors (Lipinski definition) is 3. The van der Waals surface area contributed by atoms with Gasteiger partial charge in [0, 0.05) is 38.8 Å². The Morgan fingerprint density at radius 3 is 2.65 bits per heavy atom. The van der Waals surface area contributed by atoms with Crippen molar-refractivity contribution in [3.8, 4) is 0 Å². The minimum absolute atomic E-state index is 0. The Morgan fingerprint density at radius 2 is 2.04 bits per heavy atom. The third-order valence-corrected chi connectivity index (χ3v) is 5.75. The van der Waals surface area contributed by atoms with Crippen molar-refractivity contribution in [3.63, 3.8) is 0 Å². The molecule has 1 atom stereocenters. The van der Waals surface area contributed by atoms with Crippen molar-refractivity contribution in [2.75, 3.05) is 59.6 Å². The van der Waals surface area contributed by atoms with Crippen LogP contribution in [0.3, 0.4) is 0 Å². The Hall–Kier alpha value is -0.120. The summed E-state index contributed by atoms with van der Waals surface area (Å²) in [5, 5.41) is 16.1. The molecule has 0 aliphatic carbocycles. The molecule has 26 heavy (non-hydrogen) atoms. The maximum absolute atomic E-state index is 9.30. The number of likely N-dealkylation sites (tertiary alicyclic amines) is 1. The van der Waals surface area contributed by atoms with E-state index in [2.05, 4.69) is 27.4 Å². The molecule has 2 heterocycles. The third kappa shape index (κ3) is 8.27. The maximum atomic E-state index is 9.30. The summed E-state index contributed by atoms with van der Waals surface area (Å²) in [6, 6.07) is 0. The number of aliphatic hydroxyl groups excluding tert-OH is 1. The van der Waals surface area contributed by atoms with Crippen LogP contribution >= 0.6 is 24.0 Å². The van der Waals surface area contributed by atoms with Gasteiger partial charge in [-0.15, -0.1) is 24.0 Å². The average Bonchev–Trinajstić information content (AvgIpc) is 3.08. The van der Waals surface area contributed by atoms with E-state index >= 15 is 0 Å². The number of halogens is 1. The van der Waals surface area contributed by atoms with Crippen molar-refractivity contribution < 1.29 is 9.84 Å². The fourth-order valence-electron chi connectivity index (χ4n) is 3.76. The van der Waals surface area contributed by atoms with Gasteiger partial charge in [0.2, 0.25) is 0 Å². The van der Waals surface area contributed by atoms with Crippen molar-refractivity contribution in [1.29, 1.82) is 0 Å². The molecular weight excluding hydrogens is 443 g/mol. The zero-order valence-corrected chi connectivity index (χ0v) is 19.0. The monoisotopic (exact) mass is 482 g/mol. The summed E-state index contributed by atoms with van der Waals surface area (Å²) in [5.41, 5.74) is 0.0533. The molecule has 2 rings (SSSR count). The van der Waals surface area contributed by atoms with Gasteiger partial charge in [0.15, 0.2) is 5.96 Å². The zero-order valence-electron chi connectivity index (χ0n) is 16.6. The molecule has 0 spiro atoms. The summed E-state index contributed by atoms with van der Waals surface area (Å²) in [5.74, 6) is 1.77. The van der Waals surface area contributed by atoms with Crippen molar-refractivity contribution in [2.24, 2.45) is 16.3 Å². The van der Waals surface area contributed by atoms with Crippen LogP contribution in [0, 0.1) is 11.3 Å². The lowest BCUT2D eigenvalue weighted by atomic mass is 9.84. The van der Waals surface area contributed by atoms with E-state index in [1.165, 1.54) is 38.9 Å². The predicted octanol–water partition coefficient (Wildman–Crippen LogP) is 2.07. The van der Waals surface area contributed by atoms with Gasteiger partial charge in [-0.3, -0.25) is 4.99 Å². The fraction of sp³-hybridized carbons (Fsp3) is 0.947. The minimum atomic E-state index is 0. The smallest absolute Gasteiger partial charge is 0.190 e. The number of aliphatic imine (C=N–C) groups is 1. The first kappa shape index (κ1) is 23.9. The Bertz CT molecular complexity index is 395. The summed E-state index contributed by atoms with van der Waals surface area (Å²) in [6.45, 7) is 9.62. The molecule has 6 nitrogen and oxygen atoms in total. The van der Waals surface area contributed by atoms with E-state index in [1.54, 1.807) is 0 Å². The number of nitrogens with zero attached hydrogens (tertiary/aromatic N) is 2. The van der Waals surface area contributed by atoms with E-state index in [0.29, 0.717) is 0 Å². The highest BCUT2D eigenvalue weighted by molar-refractivity contribution is 14.0. The third-order valence-electron chi connectivity index (χ3n) is 5.75. The summed E-state index contributed by atoms with van der Waals surface area (Å²) in [4.78, 5) is 6.92. The molecular formula is C19H39IN4O2. The highest BCUT2D eigenvalue weighted by atomic mass is 127. The van der Waals surface area contributed by atoms with E-state index in [9.17, 15) is 5.11 Å². The van der Waals surface area contributed by atoms with Crippen LogP contribution in [-0.2, 0) is 4.74 Å². The van der Waals surface area contributed by atoms with Crippen LogP contribution in [-0.4, -0.2) is 75.6 Å². The molecule has 0 radical (unpaired) electrons. The van der Waals surface area contributed by atoms with Gasteiger partial charge in [0.1, 0.15) is 0 Å². The molecule has 2 aliphatic rings. The number of guanidine groups is 1. The summed E-state index contributed by atoms with van der Waals surface area (Å²) in [6.07, 6.45) is 6.90. The molecule has 0 aromatic heterocycles. The number of ether oxygens (including phenoxy) is 1. The van der Waals surface area contributed by atoms with Crippen LogP contribution in [0.1, 0.15) is 45.4 Å². The Labute approximate surface area is 176 Å². The van der Waals surface area contributed by atoms with E-state index in [-0.39, 0.29) is 36.0 Å². The lowest BCUT2D eigenvalue weighted by Gasteiger charge is -2.30.